The molecule has 8 aromatic carbocycles. The van der Waals surface area contributed by atoms with Crippen molar-refractivity contribution >= 4 is 77.9 Å². The Morgan fingerprint density at radius 1 is 0.421 bits per heavy atom. The third-order valence-electron chi connectivity index (χ3n) is 11.2. The summed E-state index contributed by atoms with van der Waals surface area (Å²) in [4.78, 5) is 7.70. The second-order valence-corrected chi connectivity index (χ2v) is 14.5. The highest BCUT2D eigenvalue weighted by atomic mass is 16.3. The molecule has 0 unspecified atom stereocenters. The lowest BCUT2D eigenvalue weighted by Gasteiger charge is -2.26. The molecule has 6 heteroatoms. The third-order valence-corrected chi connectivity index (χ3v) is 11.2. The fourth-order valence-corrected chi connectivity index (χ4v) is 8.69. The Morgan fingerprint density at radius 2 is 0.982 bits per heavy atom. The molecule has 0 fully saturated rings. The maximum absolute atomic E-state index is 6.54. The maximum atomic E-state index is 6.54. The number of para-hydroxylation sites is 4. The minimum Gasteiger partial charge on any atom is -0.437 e. The number of furan rings is 1. The molecule has 0 spiro atoms. The van der Waals surface area contributed by atoms with Gasteiger partial charge in [0.15, 0.2) is 0 Å². The zero-order valence-corrected chi connectivity index (χ0v) is 30.7. The largest absolute Gasteiger partial charge is 0.437 e. The van der Waals surface area contributed by atoms with Gasteiger partial charge >= 0.3 is 0 Å². The van der Waals surface area contributed by atoms with E-state index in [1.54, 1.807) is 0 Å². The van der Waals surface area contributed by atoms with Crippen LogP contribution in [0.1, 0.15) is 0 Å². The Hall–Kier alpha value is -7.83. The summed E-state index contributed by atoms with van der Waals surface area (Å²) < 4.78 is 13.3. The quantitative estimate of drug-likeness (QED) is 0.171. The van der Waals surface area contributed by atoms with Crippen LogP contribution in [0.25, 0.3) is 83.3 Å². The van der Waals surface area contributed by atoms with Crippen LogP contribution in [0.4, 0.5) is 17.1 Å². The molecule has 0 saturated carbocycles. The highest BCUT2D eigenvalue weighted by Gasteiger charge is 2.24. The van der Waals surface area contributed by atoms with Gasteiger partial charge in [0.25, 0.3) is 0 Å². The van der Waals surface area contributed by atoms with Gasteiger partial charge in [-0.25, -0.2) is 9.55 Å². The zero-order valence-electron chi connectivity index (χ0n) is 30.7. The second kappa shape index (κ2) is 12.3. The van der Waals surface area contributed by atoms with Crippen molar-refractivity contribution in [3.05, 3.63) is 200 Å². The Bertz CT molecular complexity index is 3450. The van der Waals surface area contributed by atoms with E-state index in [4.69, 9.17) is 9.40 Å². The van der Waals surface area contributed by atoms with Crippen LogP contribution in [-0.4, -0.2) is 18.5 Å². The number of imidazole rings is 2. The fourth-order valence-electron chi connectivity index (χ4n) is 8.69. The van der Waals surface area contributed by atoms with Gasteiger partial charge in [-0.05, 0) is 102 Å². The van der Waals surface area contributed by atoms with Gasteiger partial charge in [0, 0.05) is 38.9 Å². The van der Waals surface area contributed by atoms with Crippen molar-refractivity contribution in [3.63, 3.8) is 0 Å². The predicted octanol–water partition coefficient (Wildman–Crippen LogP) is 13.4. The normalized spacial score (nSPS) is 11.9. The predicted molar refractivity (Wildman–Crippen MR) is 234 cm³/mol. The number of fused-ring (bicyclic) bond motifs is 10. The molecule has 0 aliphatic heterocycles. The van der Waals surface area contributed by atoms with Gasteiger partial charge in [-0.1, -0.05) is 109 Å². The van der Waals surface area contributed by atoms with Gasteiger partial charge in [-0.15, -0.1) is 0 Å². The lowest BCUT2D eigenvalue weighted by atomic mass is 10.0. The summed E-state index contributed by atoms with van der Waals surface area (Å²) in [5.41, 5.74) is 14.5. The molecular formula is C51H33N5O. The Morgan fingerprint density at radius 3 is 1.74 bits per heavy atom. The lowest BCUT2D eigenvalue weighted by Crippen LogP contribution is -2.10. The number of aromatic nitrogens is 4. The molecule has 0 aliphatic rings. The second-order valence-electron chi connectivity index (χ2n) is 14.5. The van der Waals surface area contributed by atoms with Gasteiger partial charge in [0.05, 0.1) is 27.8 Å². The van der Waals surface area contributed by atoms with Crippen LogP contribution in [0.5, 0.6) is 0 Å². The summed E-state index contributed by atoms with van der Waals surface area (Å²) in [6.45, 7) is 0. The topological polar surface area (TPSA) is 43.5 Å². The summed E-state index contributed by atoms with van der Waals surface area (Å²) in [7, 11) is 0. The monoisotopic (exact) mass is 731 g/mol. The average Bonchev–Trinajstić information content (AvgIpc) is 4.01. The van der Waals surface area contributed by atoms with Crippen LogP contribution in [0.2, 0.25) is 0 Å². The van der Waals surface area contributed by atoms with Crippen LogP contribution in [-0.2, 0) is 0 Å². The highest BCUT2D eigenvalue weighted by Crippen LogP contribution is 2.42. The van der Waals surface area contributed by atoms with Crippen molar-refractivity contribution in [1.82, 2.24) is 18.5 Å². The Labute approximate surface area is 327 Å². The number of rotatable bonds is 6. The molecule has 4 heterocycles. The first-order valence-corrected chi connectivity index (χ1v) is 19.2. The standard InChI is InChI=1S/C51H33N5O/c1-4-14-34(15-5-1)35-24-26-38(27-25-35)53(39-28-30-46-43(32-39)41-20-10-12-22-45(41)54(46)36-16-6-2-7-17-36)40-29-31-47-44(33-40)52-51-55(37-18-8-3-9-19-37)50-49(56(47)51)42-21-11-13-23-48(42)57-50/h1-33H. The molecule has 0 amide bonds. The van der Waals surface area contributed by atoms with Crippen molar-refractivity contribution in [1.29, 1.82) is 0 Å². The number of nitrogens with zero attached hydrogens (tertiary/aromatic N) is 5. The van der Waals surface area contributed by atoms with Crippen LogP contribution >= 0.6 is 0 Å². The molecule has 12 rings (SSSR count). The highest BCUT2D eigenvalue weighted by molar-refractivity contribution is 6.11. The number of hydrogen-bond acceptors (Lipinski definition) is 3. The molecule has 0 N–H and O–H groups in total. The average molecular weight is 732 g/mol. The zero-order chi connectivity index (χ0) is 37.5. The molecule has 268 valence electrons. The van der Waals surface area contributed by atoms with E-state index in [1.807, 2.05) is 18.2 Å². The molecule has 4 aromatic heterocycles. The molecule has 0 bridgehead atoms. The third kappa shape index (κ3) is 4.81. The lowest BCUT2D eigenvalue weighted by molar-refractivity contribution is 0.645. The van der Waals surface area contributed by atoms with E-state index in [-0.39, 0.29) is 0 Å². The Balaban J connectivity index is 1.09. The van der Waals surface area contributed by atoms with E-state index in [2.05, 4.69) is 200 Å². The minimum absolute atomic E-state index is 0.777. The summed E-state index contributed by atoms with van der Waals surface area (Å²) in [6, 6.07) is 70.7. The molecule has 0 radical (unpaired) electrons. The van der Waals surface area contributed by atoms with Crippen molar-refractivity contribution in [2.75, 3.05) is 4.90 Å². The van der Waals surface area contributed by atoms with Crippen LogP contribution in [0, 0.1) is 0 Å². The SMILES string of the molecule is c1ccc(-c2ccc(N(c3ccc4c(c3)nc3n(-c5ccccc5)c5oc6ccccc6c5n43)c3ccc4c(c3)c3ccccc3n4-c3ccccc3)cc2)cc1. The smallest absolute Gasteiger partial charge is 0.232 e. The van der Waals surface area contributed by atoms with Gasteiger partial charge in [-0.2, -0.15) is 0 Å². The first-order valence-electron chi connectivity index (χ1n) is 19.2. The fraction of sp³-hybridized carbons (Fsp3) is 0. The number of anilines is 3. The molecule has 6 nitrogen and oxygen atoms in total. The molecular weight excluding hydrogens is 699 g/mol. The number of hydrogen-bond donors (Lipinski definition) is 0. The van der Waals surface area contributed by atoms with Gasteiger partial charge in [-0.3, -0.25) is 4.40 Å². The first-order chi connectivity index (χ1) is 28.3. The first kappa shape index (κ1) is 31.5. The van der Waals surface area contributed by atoms with E-state index < -0.39 is 0 Å². The van der Waals surface area contributed by atoms with E-state index >= 15 is 0 Å². The summed E-state index contributed by atoms with van der Waals surface area (Å²) in [5, 5.41) is 3.46. The summed E-state index contributed by atoms with van der Waals surface area (Å²) in [6.07, 6.45) is 0. The van der Waals surface area contributed by atoms with Gasteiger partial charge in [0.2, 0.25) is 11.5 Å². The van der Waals surface area contributed by atoms with Crippen molar-refractivity contribution in [2.24, 2.45) is 0 Å². The minimum atomic E-state index is 0.777. The summed E-state index contributed by atoms with van der Waals surface area (Å²) >= 11 is 0. The molecule has 0 atom stereocenters. The van der Waals surface area contributed by atoms with Crippen molar-refractivity contribution < 1.29 is 4.42 Å². The van der Waals surface area contributed by atoms with Crippen LogP contribution < -0.4 is 4.90 Å². The Kier molecular flexibility index (Phi) is 6.83. The molecule has 0 saturated heterocycles. The van der Waals surface area contributed by atoms with Crippen molar-refractivity contribution in [2.45, 2.75) is 0 Å². The van der Waals surface area contributed by atoms with E-state index in [1.165, 1.54) is 27.4 Å². The van der Waals surface area contributed by atoms with E-state index in [0.717, 1.165) is 73.0 Å². The molecule has 12 aromatic rings. The van der Waals surface area contributed by atoms with E-state index in [9.17, 15) is 0 Å². The molecule has 57 heavy (non-hydrogen) atoms. The van der Waals surface area contributed by atoms with E-state index in [0.29, 0.717) is 0 Å². The number of benzene rings is 8. The maximum Gasteiger partial charge on any atom is 0.232 e. The van der Waals surface area contributed by atoms with Crippen LogP contribution in [0.15, 0.2) is 205 Å². The molecule has 0 aliphatic carbocycles. The van der Waals surface area contributed by atoms with Crippen molar-refractivity contribution in [3.8, 4) is 22.5 Å². The van der Waals surface area contributed by atoms with Gasteiger partial charge < -0.3 is 13.9 Å². The van der Waals surface area contributed by atoms with Gasteiger partial charge in [0.1, 0.15) is 11.1 Å². The summed E-state index contributed by atoms with van der Waals surface area (Å²) in [5.74, 6) is 0.807. The van der Waals surface area contributed by atoms with Crippen LogP contribution in [0.3, 0.4) is 0 Å².